The maximum atomic E-state index is 11.6. The fourth-order valence-electron chi connectivity index (χ4n) is 1.47. The van der Waals surface area contributed by atoms with Gasteiger partial charge in [-0.25, -0.2) is 0 Å². The number of hydrogen-bond acceptors (Lipinski definition) is 1. The highest BCUT2D eigenvalue weighted by Gasteiger charge is 2.06. The first-order chi connectivity index (χ1) is 7.99. The largest absolute Gasteiger partial charge is 0.290 e. The van der Waals surface area contributed by atoms with E-state index in [0.717, 1.165) is 24.8 Å². The molecule has 0 heterocycles. The van der Waals surface area contributed by atoms with Crippen LogP contribution < -0.4 is 5.43 Å². The van der Waals surface area contributed by atoms with Crippen LogP contribution in [0.15, 0.2) is 35.1 Å². The summed E-state index contributed by atoms with van der Waals surface area (Å²) >= 11 is 0. The molecule has 2 heteroatoms. The minimum atomic E-state index is -1.23. The van der Waals surface area contributed by atoms with Crippen LogP contribution in [-0.4, -0.2) is 8.07 Å². The van der Waals surface area contributed by atoms with Gasteiger partial charge in [-0.1, -0.05) is 43.9 Å². The minimum absolute atomic E-state index is 0.133. The van der Waals surface area contributed by atoms with E-state index in [4.69, 9.17) is 0 Å². The van der Waals surface area contributed by atoms with E-state index < -0.39 is 8.07 Å². The van der Waals surface area contributed by atoms with Crippen LogP contribution in [0, 0.1) is 11.5 Å². The molecule has 0 unspecified atom stereocenters. The molecule has 0 aliphatic heterocycles. The zero-order chi connectivity index (χ0) is 12.7. The van der Waals surface area contributed by atoms with Crippen LogP contribution in [-0.2, 0) is 6.42 Å². The maximum Gasteiger partial charge on any atom is 0.181 e. The summed E-state index contributed by atoms with van der Waals surface area (Å²) in [6, 6.07) is 9.13. The number of unbranched alkanes of at least 4 members (excludes halogenated alkanes) is 1. The summed E-state index contributed by atoms with van der Waals surface area (Å²) in [6.45, 7) is 6.73. The molecule has 1 nitrogen and oxygen atoms in total. The average molecular weight is 244 g/mol. The molecule has 0 aromatic heterocycles. The van der Waals surface area contributed by atoms with E-state index in [1.165, 1.54) is 0 Å². The van der Waals surface area contributed by atoms with Crippen LogP contribution in [0.25, 0.3) is 0 Å². The Bertz CT molecular complexity index is 475. The summed E-state index contributed by atoms with van der Waals surface area (Å²) in [4.78, 5) is 11.6. The van der Waals surface area contributed by atoms with Crippen LogP contribution in [0.2, 0.25) is 19.6 Å². The molecule has 0 saturated heterocycles. The Labute approximate surface area is 105 Å². The molecule has 1 aromatic rings. The molecule has 0 aliphatic rings. The van der Waals surface area contributed by atoms with E-state index in [1.54, 1.807) is 12.1 Å². The number of aryl methyl sites for hydroxylation is 1. The average Bonchev–Trinajstić information content (AvgIpc) is 2.42. The predicted octanol–water partition coefficient (Wildman–Crippen LogP) is 3.25. The Morgan fingerprint density at radius 3 is 2.53 bits per heavy atom. The van der Waals surface area contributed by atoms with E-state index in [9.17, 15) is 4.79 Å². The summed E-state index contributed by atoms with van der Waals surface area (Å²) in [5, 5.41) is 0. The molecule has 0 saturated carbocycles. The van der Waals surface area contributed by atoms with Gasteiger partial charge in [-0.05, 0) is 24.5 Å². The summed E-state index contributed by atoms with van der Waals surface area (Å²) in [7, 11) is -1.23. The topological polar surface area (TPSA) is 17.1 Å². The molecule has 0 bridgehead atoms. The van der Waals surface area contributed by atoms with Gasteiger partial charge in [0.05, 0.1) is 0 Å². The lowest BCUT2D eigenvalue weighted by atomic mass is 10.1. The van der Waals surface area contributed by atoms with Crippen LogP contribution in [0.1, 0.15) is 18.4 Å². The van der Waals surface area contributed by atoms with Crippen molar-refractivity contribution in [3.63, 3.8) is 0 Å². The van der Waals surface area contributed by atoms with Crippen molar-refractivity contribution < 1.29 is 0 Å². The van der Waals surface area contributed by atoms with E-state index >= 15 is 0 Å². The molecule has 0 atom stereocenters. The first-order valence-electron chi connectivity index (χ1n) is 6.07. The van der Waals surface area contributed by atoms with Crippen LogP contribution in [0.5, 0.6) is 0 Å². The summed E-state index contributed by atoms with van der Waals surface area (Å²) < 4.78 is 0. The van der Waals surface area contributed by atoms with Crippen molar-refractivity contribution in [1.82, 2.24) is 0 Å². The van der Waals surface area contributed by atoms with E-state index in [1.807, 2.05) is 18.2 Å². The third-order valence-corrected chi connectivity index (χ3v) is 3.22. The Morgan fingerprint density at radius 2 is 1.82 bits per heavy atom. The summed E-state index contributed by atoms with van der Waals surface area (Å²) in [6.07, 6.45) is 2.69. The molecule has 0 radical (unpaired) electrons. The monoisotopic (exact) mass is 244 g/mol. The highest BCUT2D eigenvalue weighted by molar-refractivity contribution is 6.83. The molecule has 17 heavy (non-hydrogen) atoms. The van der Waals surface area contributed by atoms with Gasteiger partial charge in [0, 0.05) is 6.42 Å². The van der Waals surface area contributed by atoms with Gasteiger partial charge in [-0.3, -0.25) is 4.79 Å². The highest BCUT2D eigenvalue weighted by atomic mass is 28.3. The SMILES string of the molecule is C[Si](C)(C)C#CCCCc1cccccc1=O. The molecule has 1 aromatic carbocycles. The summed E-state index contributed by atoms with van der Waals surface area (Å²) in [5.74, 6) is 3.23. The normalized spacial score (nSPS) is 10.5. The molecule has 0 aliphatic carbocycles. The second-order valence-corrected chi connectivity index (χ2v) is 9.96. The quantitative estimate of drug-likeness (QED) is 0.453. The molecular formula is C15H20OSi. The zero-order valence-electron chi connectivity index (χ0n) is 10.9. The van der Waals surface area contributed by atoms with Crippen molar-refractivity contribution in [2.24, 2.45) is 0 Å². The minimum Gasteiger partial charge on any atom is -0.290 e. The second kappa shape index (κ2) is 6.41. The van der Waals surface area contributed by atoms with Crippen molar-refractivity contribution in [1.29, 1.82) is 0 Å². The Hall–Kier alpha value is -1.33. The molecule has 0 amide bonds. The summed E-state index contributed by atoms with van der Waals surface area (Å²) in [5.41, 5.74) is 4.37. The molecule has 0 fully saturated rings. The van der Waals surface area contributed by atoms with Crippen molar-refractivity contribution in [3.8, 4) is 11.5 Å². The number of rotatable bonds is 3. The highest BCUT2D eigenvalue weighted by Crippen LogP contribution is 2.00. The molecular weight excluding hydrogens is 224 g/mol. The van der Waals surface area contributed by atoms with Gasteiger partial charge in [0.15, 0.2) is 5.43 Å². The van der Waals surface area contributed by atoms with E-state index in [0.29, 0.717) is 0 Å². The van der Waals surface area contributed by atoms with Gasteiger partial charge < -0.3 is 0 Å². The zero-order valence-corrected chi connectivity index (χ0v) is 11.9. The molecule has 1 rings (SSSR count). The maximum absolute atomic E-state index is 11.6. The van der Waals surface area contributed by atoms with Crippen molar-refractivity contribution in [2.75, 3.05) is 0 Å². The van der Waals surface area contributed by atoms with Gasteiger partial charge in [-0.15, -0.1) is 11.5 Å². The van der Waals surface area contributed by atoms with Gasteiger partial charge in [0.1, 0.15) is 8.07 Å². The molecule has 0 N–H and O–H groups in total. The van der Waals surface area contributed by atoms with Gasteiger partial charge >= 0.3 is 0 Å². The first kappa shape index (κ1) is 13.7. The predicted molar refractivity (Wildman–Crippen MR) is 76.8 cm³/mol. The second-order valence-electron chi connectivity index (χ2n) is 5.21. The van der Waals surface area contributed by atoms with Gasteiger partial charge in [-0.2, -0.15) is 0 Å². The van der Waals surface area contributed by atoms with Crippen molar-refractivity contribution in [3.05, 3.63) is 46.1 Å². The lowest BCUT2D eigenvalue weighted by Gasteiger charge is -2.03. The lowest BCUT2D eigenvalue weighted by Crippen LogP contribution is -2.16. The number of hydrogen-bond donors (Lipinski definition) is 0. The lowest BCUT2D eigenvalue weighted by molar-refractivity contribution is 0.854. The van der Waals surface area contributed by atoms with E-state index in [2.05, 4.69) is 31.1 Å². The van der Waals surface area contributed by atoms with Gasteiger partial charge in [0.25, 0.3) is 0 Å². The smallest absolute Gasteiger partial charge is 0.181 e. The van der Waals surface area contributed by atoms with Crippen LogP contribution in [0.4, 0.5) is 0 Å². The molecule has 0 spiro atoms. The Balaban J connectivity index is 2.50. The Kier molecular flexibility index (Phi) is 5.18. The third kappa shape index (κ3) is 6.08. The van der Waals surface area contributed by atoms with Gasteiger partial charge in [0.2, 0.25) is 0 Å². The van der Waals surface area contributed by atoms with Crippen LogP contribution >= 0.6 is 0 Å². The standard InChI is InChI=1S/C15H20OSi/c1-17(2,3)13-9-5-7-11-14-10-6-4-8-12-15(14)16/h4,6,8,10,12H,5,7,11H2,1-3H3. The first-order valence-corrected chi connectivity index (χ1v) is 9.57. The fourth-order valence-corrected chi connectivity index (χ4v) is 2.12. The third-order valence-electron chi connectivity index (χ3n) is 2.30. The van der Waals surface area contributed by atoms with Crippen molar-refractivity contribution >= 4 is 8.07 Å². The Morgan fingerprint density at radius 1 is 1.12 bits per heavy atom. The van der Waals surface area contributed by atoms with Crippen LogP contribution in [0.3, 0.4) is 0 Å². The fraction of sp³-hybridized carbons (Fsp3) is 0.400. The van der Waals surface area contributed by atoms with E-state index in [-0.39, 0.29) is 5.43 Å². The molecule has 90 valence electrons. The van der Waals surface area contributed by atoms with Crippen molar-refractivity contribution in [2.45, 2.75) is 38.9 Å².